The van der Waals surface area contributed by atoms with E-state index in [1.807, 2.05) is 21.1 Å². The number of hydrogen-bond donors (Lipinski definition) is 3. The van der Waals surface area contributed by atoms with Gasteiger partial charge >= 0.3 is 7.82 Å². The third kappa shape index (κ3) is 66.8. The van der Waals surface area contributed by atoms with Crippen LogP contribution in [0.4, 0.5) is 0 Å². The van der Waals surface area contributed by atoms with E-state index in [4.69, 9.17) is 9.05 Å². The Morgan fingerprint density at radius 3 is 0.939 bits per heavy atom. The van der Waals surface area contributed by atoms with E-state index in [0.717, 1.165) is 38.5 Å². The number of unbranched alkanes of at least 4 members (excludes halogenated alkanes) is 55. The van der Waals surface area contributed by atoms with E-state index in [9.17, 15) is 19.4 Å². The predicted octanol–water partition coefficient (Wildman–Crippen LogP) is 23.7. The van der Waals surface area contributed by atoms with Gasteiger partial charge in [-0.2, -0.15) is 0 Å². The number of aliphatic hydroxyl groups excluding tert-OH is 1. The van der Waals surface area contributed by atoms with Crippen molar-refractivity contribution < 1.29 is 32.9 Å². The largest absolute Gasteiger partial charge is 0.472 e. The minimum Gasteiger partial charge on any atom is -0.391 e. The Kier molecular flexibility index (Phi) is 64.1. The first-order valence-corrected chi connectivity index (χ1v) is 38.5. The molecule has 9 heteroatoms. The third-order valence-electron chi connectivity index (χ3n) is 17.5. The number of aliphatic hydroxyl groups is 1. The summed E-state index contributed by atoms with van der Waals surface area (Å²) in [6.07, 6.45) is 83.4. The van der Waals surface area contributed by atoms with Gasteiger partial charge in [0, 0.05) is 6.42 Å². The first kappa shape index (κ1) is 81.2. The molecule has 3 atom stereocenters. The molecule has 0 spiro atoms. The van der Waals surface area contributed by atoms with Crippen molar-refractivity contribution in [2.75, 3.05) is 40.9 Å². The van der Waals surface area contributed by atoms with Crippen LogP contribution in [0.3, 0.4) is 0 Å². The number of phosphoric acid groups is 1. The van der Waals surface area contributed by atoms with Gasteiger partial charge in [0.25, 0.3) is 0 Å². The lowest BCUT2D eigenvalue weighted by atomic mass is 10.0. The number of hydrogen-bond acceptors (Lipinski definition) is 5. The molecular formula is C73H148N2O6P+. The monoisotopic (exact) mass is 1180 g/mol. The van der Waals surface area contributed by atoms with Crippen LogP contribution in [0.15, 0.2) is 12.2 Å². The molecule has 0 saturated carbocycles. The molecule has 0 aliphatic rings. The highest BCUT2D eigenvalue weighted by molar-refractivity contribution is 7.47. The van der Waals surface area contributed by atoms with Crippen LogP contribution in [-0.4, -0.2) is 73.4 Å². The first-order chi connectivity index (χ1) is 40.0. The number of rotatable bonds is 70. The highest BCUT2D eigenvalue weighted by atomic mass is 31.2. The summed E-state index contributed by atoms with van der Waals surface area (Å²) in [6, 6.07) is -0.758. The van der Waals surface area contributed by atoms with Crippen LogP contribution in [0.25, 0.3) is 0 Å². The van der Waals surface area contributed by atoms with E-state index in [1.165, 1.54) is 334 Å². The van der Waals surface area contributed by atoms with Gasteiger partial charge < -0.3 is 19.8 Å². The molecule has 0 rings (SSSR count). The van der Waals surface area contributed by atoms with Crippen molar-refractivity contribution in [1.29, 1.82) is 0 Å². The normalized spacial score (nSPS) is 13.6. The van der Waals surface area contributed by atoms with Crippen molar-refractivity contribution in [3.63, 3.8) is 0 Å². The summed E-state index contributed by atoms with van der Waals surface area (Å²) in [5.41, 5.74) is 0. The Morgan fingerprint density at radius 1 is 0.402 bits per heavy atom. The fraction of sp³-hybridized carbons (Fsp3) is 0.959. The van der Waals surface area contributed by atoms with Crippen molar-refractivity contribution in [3.8, 4) is 0 Å². The SMILES string of the molecule is CCCCCCCCCC/C=C\CCCCCCCCCCCCCCCCCCCCCCCCCC(=O)NC(COP(=O)(O)OCC[N+](C)(C)C)C(O)CCCCCCCCCCCCCCCCCCCCCCCCCCC. The smallest absolute Gasteiger partial charge is 0.391 e. The van der Waals surface area contributed by atoms with Gasteiger partial charge in [-0.15, -0.1) is 0 Å². The molecule has 82 heavy (non-hydrogen) atoms. The summed E-state index contributed by atoms with van der Waals surface area (Å²) in [5.74, 6) is -0.134. The molecule has 3 N–H and O–H groups in total. The Bertz CT molecular complexity index is 1340. The van der Waals surface area contributed by atoms with Gasteiger partial charge in [0.05, 0.1) is 39.9 Å². The van der Waals surface area contributed by atoms with Crippen molar-refractivity contribution in [2.24, 2.45) is 0 Å². The van der Waals surface area contributed by atoms with Gasteiger partial charge in [0.1, 0.15) is 13.2 Å². The molecule has 0 aromatic rings. The summed E-state index contributed by atoms with van der Waals surface area (Å²) < 4.78 is 23.9. The Morgan fingerprint density at radius 2 is 0.659 bits per heavy atom. The lowest BCUT2D eigenvalue weighted by Gasteiger charge is -2.26. The zero-order valence-electron chi connectivity index (χ0n) is 56.3. The highest BCUT2D eigenvalue weighted by Crippen LogP contribution is 2.43. The highest BCUT2D eigenvalue weighted by Gasteiger charge is 2.28. The molecule has 1 amide bonds. The fourth-order valence-electron chi connectivity index (χ4n) is 11.8. The molecule has 0 fully saturated rings. The van der Waals surface area contributed by atoms with Gasteiger partial charge in [-0.3, -0.25) is 13.8 Å². The Labute approximate surface area is 513 Å². The number of amides is 1. The van der Waals surface area contributed by atoms with Crippen molar-refractivity contribution >= 4 is 13.7 Å². The number of nitrogens with zero attached hydrogens (tertiary/aromatic N) is 1. The summed E-state index contributed by atoms with van der Waals surface area (Å²) in [4.78, 5) is 23.5. The number of phosphoric ester groups is 1. The Hall–Kier alpha value is -0.760. The topological polar surface area (TPSA) is 105 Å². The van der Waals surface area contributed by atoms with Gasteiger partial charge in [-0.25, -0.2) is 4.57 Å². The maximum absolute atomic E-state index is 13.1. The summed E-state index contributed by atoms with van der Waals surface area (Å²) in [6.45, 7) is 4.96. The predicted molar refractivity (Wildman–Crippen MR) is 360 cm³/mol. The average Bonchev–Trinajstić information content (AvgIpc) is 3.45. The van der Waals surface area contributed by atoms with Gasteiger partial charge in [-0.1, -0.05) is 366 Å². The van der Waals surface area contributed by atoms with Crippen molar-refractivity contribution in [2.45, 2.75) is 411 Å². The van der Waals surface area contributed by atoms with Gasteiger partial charge in [0.15, 0.2) is 0 Å². The van der Waals surface area contributed by atoms with E-state index in [1.54, 1.807) is 0 Å². The number of carbonyl (C=O) groups excluding carboxylic acids is 1. The lowest BCUT2D eigenvalue weighted by Crippen LogP contribution is -2.46. The van der Waals surface area contributed by atoms with Crippen LogP contribution in [0.1, 0.15) is 399 Å². The lowest BCUT2D eigenvalue weighted by molar-refractivity contribution is -0.870. The standard InChI is InChI=1S/C73H147N2O6P/c1-6-8-10-12-14-16-18-20-22-24-26-28-30-32-33-34-35-36-37-38-39-40-41-43-45-47-49-51-53-55-57-59-61-63-65-67-73(77)74-71(70-81-82(78,79)80-69-68-75(3,4)5)72(76)66-64-62-60-58-56-54-52-50-48-46-44-42-31-29-27-25-23-21-19-17-15-13-11-9-7-2/h24,26,71-72,76H,6-23,25,27-70H2,1-5H3,(H-,74,77,78,79)/p+1/b26-24-. The molecule has 3 unspecified atom stereocenters. The zero-order valence-corrected chi connectivity index (χ0v) is 57.2. The molecular weight excluding hydrogens is 1030 g/mol. The molecule has 0 bridgehead atoms. The van der Waals surface area contributed by atoms with Gasteiger partial charge in [-0.05, 0) is 38.5 Å². The van der Waals surface area contributed by atoms with Crippen LogP contribution in [-0.2, 0) is 18.4 Å². The number of quaternary nitrogens is 1. The van der Waals surface area contributed by atoms with Crippen molar-refractivity contribution in [1.82, 2.24) is 5.32 Å². The maximum Gasteiger partial charge on any atom is 0.472 e. The molecule has 8 nitrogen and oxygen atoms in total. The second-order valence-electron chi connectivity index (χ2n) is 27.0. The molecule has 0 radical (unpaired) electrons. The minimum absolute atomic E-state index is 0.0787. The zero-order chi connectivity index (χ0) is 59.8. The number of likely N-dealkylation sites (N-methyl/N-ethyl adjacent to an activating group) is 1. The Balaban J connectivity index is 3.93. The van der Waals surface area contributed by atoms with Crippen LogP contribution in [0.5, 0.6) is 0 Å². The third-order valence-corrected chi connectivity index (χ3v) is 18.5. The maximum atomic E-state index is 13.1. The summed E-state index contributed by atoms with van der Waals surface area (Å²) in [7, 11) is 1.64. The number of carbonyl (C=O) groups is 1. The second-order valence-corrected chi connectivity index (χ2v) is 28.5. The molecule has 0 heterocycles. The molecule has 0 saturated heterocycles. The molecule has 490 valence electrons. The summed E-state index contributed by atoms with van der Waals surface area (Å²) in [5, 5.41) is 14.2. The van der Waals surface area contributed by atoms with E-state index >= 15 is 0 Å². The fourth-order valence-corrected chi connectivity index (χ4v) is 12.5. The molecule has 0 aromatic heterocycles. The molecule has 0 aliphatic heterocycles. The van der Waals surface area contributed by atoms with Crippen LogP contribution >= 0.6 is 7.82 Å². The second kappa shape index (κ2) is 64.7. The quantitative estimate of drug-likeness (QED) is 0.0243. The van der Waals surface area contributed by atoms with Crippen molar-refractivity contribution in [3.05, 3.63) is 12.2 Å². The van der Waals surface area contributed by atoms with E-state index in [0.29, 0.717) is 23.9 Å². The number of nitrogens with one attached hydrogen (secondary N) is 1. The average molecular weight is 1180 g/mol. The van der Waals surface area contributed by atoms with Crippen LogP contribution in [0.2, 0.25) is 0 Å². The van der Waals surface area contributed by atoms with E-state index in [-0.39, 0.29) is 19.1 Å². The summed E-state index contributed by atoms with van der Waals surface area (Å²) >= 11 is 0. The van der Waals surface area contributed by atoms with E-state index < -0.39 is 20.0 Å². The molecule has 0 aliphatic carbocycles. The minimum atomic E-state index is -4.33. The first-order valence-electron chi connectivity index (χ1n) is 37.1. The van der Waals surface area contributed by atoms with Crippen LogP contribution in [0, 0.1) is 0 Å². The van der Waals surface area contributed by atoms with E-state index in [2.05, 4.69) is 31.3 Å². The van der Waals surface area contributed by atoms with Gasteiger partial charge in [0.2, 0.25) is 5.91 Å². The van der Waals surface area contributed by atoms with Crippen LogP contribution < -0.4 is 5.32 Å². The number of allylic oxidation sites excluding steroid dienone is 2. The molecule has 0 aromatic carbocycles.